The average molecular weight is 298 g/mol. The lowest BCUT2D eigenvalue weighted by Crippen LogP contribution is -2.38. The first-order valence-corrected chi connectivity index (χ1v) is 6.23. The first-order chi connectivity index (χ1) is 9.22. The summed E-state index contributed by atoms with van der Waals surface area (Å²) in [5.74, 6) is 0.288. The van der Waals surface area contributed by atoms with Crippen molar-refractivity contribution in [1.29, 1.82) is 0 Å². The molecule has 0 aliphatic carbocycles. The van der Waals surface area contributed by atoms with Gasteiger partial charge in [0.2, 0.25) is 0 Å². The summed E-state index contributed by atoms with van der Waals surface area (Å²) in [6, 6.07) is 4.71. The van der Waals surface area contributed by atoms with E-state index in [4.69, 9.17) is 11.3 Å². The van der Waals surface area contributed by atoms with Crippen molar-refractivity contribution < 1.29 is 9.66 Å². The van der Waals surface area contributed by atoms with Crippen molar-refractivity contribution in [3.8, 4) is 5.75 Å². The van der Waals surface area contributed by atoms with E-state index in [1.807, 2.05) is 0 Å². The Morgan fingerprint density at radius 2 is 2.30 bits per heavy atom. The summed E-state index contributed by atoms with van der Waals surface area (Å²) in [5, 5.41) is 14.2. The van der Waals surface area contributed by atoms with Crippen molar-refractivity contribution in [2.75, 3.05) is 13.2 Å². The Balaban J connectivity index is 0.00000200. The lowest BCUT2D eigenvalue weighted by atomic mass is 10.1. The van der Waals surface area contributed by atoms with Crippen molar-refractivity contribution in [2.45, 2.75) is 25.3 Å². The molecule has 7 heteroatoms. The second-order valence-electron chi connectivity index (χ2n) is 4.45. The summed E-state index contributed by atoms with van der Waals surface area (Å²) < 4.78 is 5.58. The Kier molecular flexibility index (Phi) is 6.22. The first-order valence-electron chi connectivity index (χ1n) is 6.23. The van der Waals surface area contributed by atoms with E-state index in [0.717, 1.165) is 19.4 Å². The molecule has 2 rings (SSSR count). The van der Waals surface area contributed by atoms with E-state index in [1.165, 1.54) is 18.6 Å². The van der Waals surface area contributed by atoms with Crippen LogP contribution in [0.2, 0.25) is 0 Å². The predicted octanol–water partition coefficient (Wildman–Crippen LogP) is 3.09. The third-order valence-electron chi connectivity index (χ3n) is 3.14. The highest BCUT2D eigenvalue weighted by Gasteiger charge is 2.20. The highest BCUT2D eigenvalue weighted by atomic mass is 35.5. The number of ether oxygens (including phenoxy) is 1. The van der Waals surface area contributed by atoms with Gasteiger partial charge in [0, 0.05) is 12.1 Å². The fraction of sp³-hybridized carbons (Fsp3) is 0.462. The number of para-hydroxylation sites is 1. The molecule has 0 radical (unpaired) electrons. The number of piperidine rings is 1. The second kappa shape index (κ2) is 7.68. The van der Waals surface area contributed by atoms with Crippen LogP contribution in [-0.4, -0.2) is 24.1 Å². The number of nitro groups is 1. The van der Waals surface area contributed by atoms with Gasteiger partial charge < -0.3 is 10.1 Å². The van der Waals surface area contributed by atoms with Gasteiger partial charge in [0.1, 0.15) is 12.4 Å². The van der Waals surface area contributed by atoms with E-state index in [9.17, 15) is 10.1 Å². The normalized spacial score (nSPS) is 17.6. The first kappa shape index (κ1) is 16.2. The number of rotatable bonds is 4. The van der Waals surface area contributed by atoms with Crippen LogP contribution in [0.5, 0.6) is 5.75 Å². The maximum atomic E-state index is 10.8. The Morgan fingerprint density at radius 3 is 2.90 bits per heavy atom. The van der Waals surface area contributed by atoms with Gasteiger partial charge >= 0.3 is 5.69 Å². The van der Waals surface area contributed by atoms with Crippen molar-refractivity contribution in [3.05, 3.63) is 39.7 Å². The maximum absolute atomic E-state index is 10.8. The van der Waals surface area contributed by atoms with Gasteiger partial charge in [0.25, 0.3) is 5.69 Å². The van der Waals surface area contributed by atoms with Crippen molar-refractivity contribution in [3.63, 3.8) is 0 Å². The topological polar surface area (TPSA) is 68.8 Å². The molecule has 108 valence electrons. The van der Waals surface area contributed by atoms with Gasteiger partial charge in [0.15, 0.2) is 0 Å². The van der Waals surface area contributed by atoms with E-state index < -0.39 is 4.92 Å². The molecule has 1 aromatic carbocycles. The monoisotopic (exact) mass is 297 g/mol. The molecule has 1 fully saturated rings. The molecule has 1 aliphatic rings. The van der Waals surface area contributed by atoms with E-state index in [2.05, 4.69) is 10.2 Å². The van der Waals surface area contributed by atoms with Crippen LogP contribution in [0.15, 0.2) is 18.2 Å². The second-order valence-corrected chi connectivity index (χ2v) is 4.45. The van der Waals surface area contributed by atoms with Gasteiger partial charge in [-0.1, -0.05) is 12.5 Å². The molecule has 20 heavy (non-hydrogen) atoms. The van der Waals surface area contributed by atoms with Crippen LogP contribution in [0.3, 0.4) is 0 Å². The third kappa shape index (κ3) is 3.83. The Labute approximate surface area is 123 Å². The fourth-order valence-electron chi connectivity index (χ4n) is 2.14. The molecule has 0 aromatic heterocycles. The molecule has 1 aromatic rings. The van der Waals surface area contributed by atoms with Crippen LogP contribution in [0.1, 0.15) is 19.3 Å². The summed E-state index contributed by atoms with van der Waals surface area (Å²) in [5.41, 5.74) is -0.229. The minimum absolute atomic E-state index is 0. The van der Waals surface area contributed by atoms with E-state index in [1.54, 1.807) is 6.07 Å². The van der Waals surface area contributed by atoms with Gasteiger partial charge in [-0.05, 0) is 25.5 Å². The van der Waals surface area contributed by atoms with Crippen molar-refractivity contribution in [1.82, 2.24) is 5.32 Å². The summed E-state index contributed by atoms with van der Waals surface area (Å²) >= 11 is 0. The highest BCUT2D eigenvalue weighted by molar-refractivity contribution is 5.85. The van der Waals surface area contributed by atoms with Crippen LogP contribution in [0.4, 0.5) is 11.4 Å². The van der Waals surface area contributed by atoms with E-state index in [-0.39, 0.29) is 35.6 Å². The summed E-state index contributed by atoms with van der Waals surface area (Å²) in [6.45, 7) is 8.47. The zero-order valence-corrected chi connectivity index (χ0v) is 11.7. The zero-order valence-electron chi connectivity index (χ0n) is 10.9. The van der Waals surface area contributed by atoms with Crippen LogP contribution in [-0.2, 0) is 0 Å². The SMILES string of the molecule is Cl.[C-]#[N+]c1c(OC[C@@H]2CCCCN2)cccc1[N+](=O)[O-]. The number of benzene rings is 1. The molecule has 1 saturated heterocycles. The van der Waals surface area contributed by atoms with Crippen LogP contribution in [0.25, 0.3) is 4.85 Å². The van der Waals surface area contributed by atoms with Gasteiger partial charge in [-0.25, -0.2) is 4.85 Å². The minimum atomic E-state index is -0.556. The van der Waals surface area contributed by atoms with Crippen molar-refractivity contribution >= 4 is 23.8 Å². The smallest absolute Gasteiger partial charge is 0.303 e. The lowest BCUT2D eigenvalue weighted by molar-refractivity contribution is -0.383. The molecule has 0 amide bonds. The molecule has 1 atom stereocenters. The van der Waals surface area contributed by atoms with Gasteiger partial charge in [0.05, 0.1) is 11.5 Å². The molecule has 0 spiro atoms. The molecule has 1 heterocycles. The summed E-state index contributed by atoms with van der Waals surface area (Å²) in [7, 11) is 0. The average Bonchev–Trinajstić information content (AvgIpc) is 2.45. The largest absolute Gasteiger partial charge is 0.503 e. The lowest BCUT2D eigenvalue weighted by Gasteiger charge is -2.23. The van der Waals surface area contributed by atoms with E-state index in [0.29, 0.717) is 6.61 Å². The molecular weight excluding hydrogens is 282 g/mol. The molecular formula is C13H16ClN3O3. The van der Waals surface area contributed by atoms with E-state index >= 15 is 0 Å². The molecule has 6 nitrogen and oxygen atoms in total. The van der Waals surface area contributed by atoms with Crippen LogP contribution < -0.4 is 10.1 Å². The number of nitro benzene ring substituents is 1. The minimum Gasteiger partial charge on any atom is -0.503 e. The third-order valence-corrected chi connectivity index (χ3v) is 3.14. The summed E-state index contributed by atoms with van der Waals surface area (Å²) in [4.78, 5) is 13.5. The Bertz CT molecular complexity index is 510. The van der Waals surface area contributed by atoms with Gasteiger partial charge in [-0.15, -0.1) is 12.4 Å². The van der Waals surface area contributed by atoms with Crippen molar-refractivity contribution in [2.24, 2.45) is 0 Å². The molecule has 0 unspecified atom stereocenters. The standard InChI is InChI=1S/C13H15N3O3.ClH/c1-14-13-11(16(17)18)6-4-7-12(13)19-9-10-5-2-3-8-15-10;/h4,6-7,10,15H,2-3,5,8-9H2;1H/t10-;/m0./s1. The predicted molar refractivity (Wildman–Crippen MR) is 77.7 cm³/mol. The van der Waals surface area contributed by atoms with Crippen LogP contribution in [0, 0.1) is 16.7 Å². The Morgan fingerprint density at radius 1 is 1.50 bits per heavy atom. The number of hydrogen-bond donors (Lipinski definition) is 1. The zero-order chi connectivity index (χ0) is 13.7. The maximum Gasteiger partial charge on any atom is 0.303 e. The number of hydrogen-bond acceptors (Lipinski definition) is 4. The Hall–Kier alpha value is -1.84. The molecule has 1 N–H and O–H groups in total. The number of halogens is 1. The molecule has 0 bridgehead atoms. The fourth-order valence-corrected chi connectivity index (χ4v) is 2.14. The summed E-state index contributed by atoms with van der Waals surface area (Å²) in [6.07, 6.45) is 3.36. The van der Waals surface area contributed by atoms with Crippen LogP contribution >= 0.6 is 12.4 Å². The molecule has 1 aliphatic heterocycles. The highest BCUT2D eigenvalue weighted by Crippen LogP contribution is 2.36. The number of nitrogens with zero attached hydrogens (tertiary/aromatic N) is 2. The molecule has 0 saturated carbocycles. The quantitative estimate of drug-likeness (QED) is 0.527. The number of nitrogens with one attached hydrogen (secondary N) is 1. The van der Waals surface area contributed by atoms with Gasteiger partial charge in [-0.3, -0.25) is 10.1 Å². The van der Waals surface area contributed by atoms with Gasteiger partial charge in [-0.2, -0.15) is 0 Å².